The number of carbonyl (C=O) groups is 2. The van der Waals surface area contributed by atoms with Crippen LogP contribution in [0.2, 0.25) is 5.02 Å². The number of hydrogen-bond acceptors (Lipinski definition) is 5. The molecule has 57 heavy (non-hydrogen) atoms. The molecule has 4 aromatic heterocycles. The number of pyridine rings is 1. The highest BCUT2D eigenvalue weighted by atomic mass is 35.5. The molecule has 0 bridgehead atoms. The van der Waals surface area contributed by atoms with Gasteiger partial charge in [-0.15, -0.1) is 0 Å². The van der Waals surface area contributed by atoms with Crippen molar-refractivity contribution in [3.63, 3.8) is 0 Å². The first kappa shape index (κ1) is 38.3. The predicted octanol–water partition coefficient (Wildman–Crippen LogP) is 10.1. The summed E-state index contributed by atoms with van der Waals surface area (Å²) in [6, 6.07) is 20.8. The molecular weight excluding hydrogens is 759 g/mol. The maximum absolute atomic E-state index is 15.5. The van der Waals surface area contributed by atoms with Gasteiger partial charge in [0.05, 0.1) is 47.3 Å². The van der Waals surface area contributed by atoms with Crippen LogP contribution in [0.3, 0.4) is 0 Å². The van der Waals surface area contributed by atoms with Gasteiger partial charge in [-0.3, -0.25) is 19.4 Å². The summed E-state index contributed by atoms with van der Waals surface area (Å²) in [5.41, 5.74) is 10.2. The fourth-order valence-corrected chi connectivity index (χ4v) is 9.06. The lowest BCUT2D eigenvalue weighted by Crippen LogP contribution is -2.48. The second kappa shape index (κ2) is 14.7. The molecule has 3 aromatic carbocycles. The van der Waals surface area contributed by atoms with Crippen LogP contribution in [0, 0.1) is 34.6 Å². The second-order valence-electron chi connectivity index (χ2n) is 15.1. The maximum atomic E-state index is 15.5. The van der Waals surface area contributed by atoms with E-state index in [1.54, 1.807) is 21.7 Å². The second-order valence-corrected chi connectivity index (χ2v) is 16.0. The lowest BCUT2D eigenvalue weighted by Gasteiger charge is -2.39. The van der Waals surface area contributed by atoms with E-state index in [-0.39, 0.29) is 24.2 Å². The van der Waals surface area contributed by atoms with Gasteiger partial charge in [0.1, 0.15) is 22.6 Å². The average molecular weight is 804 g/mol. The lowest BCUT2D eigenvalue weighted by atomic mass is 9.98. The minimum Gasteiger partial charge on any atom is -0.494 e. The summed E-state index contributed by atoms with van der Waals surface area (Å²) >= 11 is 14.0. The zero-order valence-electron chi connectivity index (χ0n) is 33.0. The number of anilines is 1. The van der Waals surface area contributed by atoms with Gasteiger partial charge in [0.15, 0.2) is 0 Å². The van der Waals surface area contributed by atoms with Crippen molar-refractivity contribution in [3.05, 3.63) is 129 Å². The molecule has 1 N–H and O–H groups in total. The molecule has 5 heterocycles. The molecule has 0 radical (unpaired) electrons. The standard InChI is InChI=1S/C45H44Cl2N6O4/c1-24-18-30-22-37(45(55)56)51(23-31-12-8-9-16-48-31)40(30)36(19-24)53-43(47)29(6)52-41-33(13-10-14-35(41)38-27(4)49-50(7)28(38)5)34(42(52)44(53)54)15-11-17-57-32-20-25(2)39(46)26(3)21-32/h8-10,12-14,16,18-22,29,43H,11,15,17,23H2,1-7H3,(H,55,56)/t29-,43?/m1/s1. The van der Waals surface area contributed by atoms with Crippen LogP contribution in [0.15, 0.2) is 72.9 Å². The topological polar surface area (TPSA) is 107 Å². The first-order valence-electron chi connectivity index (χ1n) is 19.1. The van der Waals surface area contributed by atoms with Gasteiger partial charge in [-0.1, -0.05) is 47.5 Å². The highest BCUT2D eigenvalue weighted by Gasteiger charge is 2.42. The Hall–Kier alpha value is -5.58. The van der Waals surface area contributed by atoms with Crippen molar-refractivity contribution in [2.24, 2.45) is 7.05 Å². The highest BCUT2D eigenvalue weighted by Crippen LogP contribution is 2.46. The summed E-state index contributed by atoms with van der Waals surface area (Å²) in [4.78, 5) is 34.4. The van der Waals surface area contributed by atoms with E-state index in [2.05, 4.69) is 28.6 Å². The third-order valence-electron chi connectivity index (χ3n) is 11.3. The zero-order chi connectivity index (χ0) is 40.4. The van der Waals surface area contributed by atoms with Crippen molar-refractivity contribution >= 4 is 62.6 Å². The minimum atomic E-state index is -1.08. The number of benzene rings is 3. The molecule has 1 aliphatic rings. The number of halogens is 2. The third kappa shape index (κ3) is 6.45. The van der Waals surface area contributed by atoms with Crippen LogP contribution in [0.5, 0.6) is 5.75 Å². The number of carboxylic acid groups (broad SMARTS) is 1. The molecule has 292 valence electrons. The van der Waals surface area contributed by atoms with E-state index in [1.165, 1.54) is 0 Å². The molecular formula is C45H44Cl2N6O4. The summed E-state index contributed by atoms with van der Waals surface area (Å²) in [5, 5.41) is 17.5. The largest absolute Gasteiger partial charge is 0.494 e. The van der Waals surface area contributed by atoms with Crippen molar-refractivity contribution in [1.82, 2.24) is 23.9 Å². The van der Waals surface area contributed by atoms with Crippen LogP contribution < -0.4 is 9.64 Å². The van der Waals surface area contributed by atoms with E-state index >= 15 is 4.79 Å². The SMILES string of the molecule is Cc1cc(N2C(=O)c3c(CCCOc4cc(C)c(Cl)c(C)c4)c4cccc(-c5c(C)nn(C)c5C)c4n3[C@H](C)C2Cl)c2c(c1)cc(C(=O)O)n2Cc1ccccn1. The Morgan fingerprint density at radius 1 is 0.965 bits per heavy atom. The molecule has 0 saturated carbocycles. The van der Waals surface area contributed by atoms with Crippen LogP contribution in [0.4, 0.5) is 5.69 Å². The smallest absolute Gasteiger partial charge is 0.352 e. The van der Waals surface area contributed by atoms with E-state index in [4.69, 9.17) is 33.0 Å². The summed E-state index contributed by atoms with van der Waals surface area (Å²) in [6.45, 7) is 12.6. The monoisotopic (exact) mass is 802 g/mol. The zero-order valence-corrected chi connectivity index (χ0v) is 34.5. The lowest BCUT2D eigenvalue weighted by molar-refractivity contribution is 0.0686. The average Bonchev–Trinajstić information content (AvgIpc) is 3.79. The van der Waals surface area contributed by atoms with Gasteiger partial charge < -0.3 is 19.0 Å². The number of aromatic nitrogens is 5. The number of alkyl halides is 1. The number of rotatable bonds is 10. The quantitative estimate of drug-likeness (QED) is 0.0838. The Bertz CT molecular complexity index is 2720. The Morgan fingerprint density at radius 2 is 1.72 bits per heavy atom. The maximum Gasteiger partial charge on any atom is 0.352 e. The molecule has 0 fully saturated rings. The van der Waals surface area contributed by atoms with E-state index in [1.807, 2.05) is 94.9 Å². The van der Waals surface area contributed by atoms with Crippen molar-refractivity contribution in [3.8, 4) is 16.9 Å². The summed E-state index contributed by atoms with van der Waals surface area (Å²) < 4.78 is 12.0. The molecule has 2 atom stereocenters. The Kier molecular flexibility index (Phi) is 9.90. The minimum absolute atomic E-state index is 0.0962. The van der Waals surface area contributed by atoms with E-state index in [0.717, 1.165) is 66.4 Å². The predicted molar refractivity (Wildman–Crippen MR) is 226 cm³/mol. The molecule has 7 aromatic rings. The van der Waals surface area contributed by atoms with E-state index in [0.29, 0.717) is 47.4 Å². The number of amides is 1. The van der Waals surface area contributed by atoms with Crippen molar-refractivity contribution < 1.29 is 19.4 Å². The number of para-hydroxylation sites is 1. The van der Waals surface area contributed by atoms with Crippen molar-refractivity contribution in [2.75, 3.05) is 11.5 Å². The molecule has 1 aliphatic heterocycles. The van der Waals surface area contributed by atoms with Gasteiger partial charge >= 0.3 is 5.97 Å². The number of carbonyl (C=O) groups excluding carboxylic acids is 1. The van der Waals surface area contributed by atoms with Crippen molar-refractivity contribution in [1.29, 1.82) is 0 Å². The number of carboxylic acids is 1. The normalized spacial score (nSPS) is 15.5. The van der Waals surface area contributed by atoms with Gasteiger partial charge in [0.2, 0.25) is 0 Å². The number of hydrogen-bond donors (Lipinski definition) is 1. The molecule has 8 rings (SSSR count). The van der Waals surface area contributed by atoms with E-state index < -0.39 is 11.5 Å². The summed E-state index contributed by atoms with van der Waals surface area (Å²) in [6.07, 6.45) is 2.88. The fraction of sp³-hybridized carbons (Fsp3) is 0.289. The number of nitrogens with zero attached hydrogens (tertiary/aromatic N) is 6. The Morgan fingerprint density at radius 3 is 2.39 bits per heavy atom. The molecule has 0 spiro atoms. The van der Waals surface area contributed by atoms with E-state index in [9.17, 15) is 9.90 Å². The van der Waals surface area contributed by atoms with Gasteiger partial charge in [-0.05, 0) is 119 Å². The fourth-order valence-electron chi connectivity index (χ4n) is 8.64. The van der Waals surface area contributed by atoms with Crippen LogP contribution in [-0.4, -0.2) is 53.0 Å². The molecule has 10 nitrogen and oxygen atoms in total. The summed E-state index contributed by atoms with van der Waals surface area (Å²) in [7, 11) is 1.94. The van der Waals surface area contributed by atoms with Gasteiger partial charge in [0, 0.05) is 45.9 Å². The highest BCUT2D eigenvalue weighted by molar-refractivity contribution is 6.32. The summed E-state index contributed by atoms with van der Waals surface area (Å²) in [5.74, 6) is -0.584. The van der Waals surface area contributed by atoms with Gasteiger partial charge in [0.25, 0.3) is 5.91 Å². The number of ether oxygens (including phenoxy) is 1. The van der Waals surface area contributed by atoms with Crippen LogP contribution in [0.25, 0.3) is 32.9 Å². The number of aromatic carboxylic acids is 1. The molecule has 12 heteroatoms. The third-order valence-corrected chi connectivity index (χ3v) is 12.4. The number of fused-ring (bicyclic) bond motifs is 4. The van der Waals surface area contributed by atoms with Crippen molar-refractivity contribution in [2.45, 2.75) is 72.5 Å². The Labute approximate surface area is 341 Å². The van der Waals surface area contributed by atoms with Gasteiger partial charge in [-0.25, -0.2) is 4.79 Å². The molecule has 1 amide bonds. The first-order valence-corrected chi connectivity index (χ1v) is 19.9. The number of aryl methyl sites for hydroxylation is 6. The Balaban J connectivity index is 1.30. The van der Waals surface area contributed by atoms with Crippen LogP contribution in [0.1, 0.15) is 79.7 Å². The van der Waals surface area contributed by atoms with Crippen LogP contribution >= 0.6 is 23.2 Å². The molecule has 0 saturated heterocycles. The first-order chi connectivity index (χ1) is 27.3. The van der Waals surface area contributed by atoms with Crippen LogP contribution in [-0.2, 0) is 20.0 Å². The molecule has 0 aliphatic carbocycles. The van der Waals surface area contributed by atoms with Gasteiger partial charge in [-0.2, -0.15) is 5.10 Å². The molecule has 1 unspecified atom stereocenters.